The summed E-state index contributed by atoms with van der Waals surface area (Å²) in [6.45, 7) is 6.83. The van der Waals surface area contributed by atoms with Crippen molar-refractivity contribution in [2.75, 3.05) is 33.4 Å². The molecule has 27 heavy (non-hydrogen) atoms. The highest BCUT2D eigenvalue weighted by Crippen LogP contribution is 2.28. The lowest BCUT2D eigenvalue weighted by molar-refractivity contribution is 0.0746. The van der Waals surface area contributed by atoms with E-state index in [2.05, 4.69) is 29.3 Å². The zero-order valence-electron chi connectivity index (χ0n) is 16.2. The number of aliphatic hydroxyl groups excluding tert-OH is 1. The number of aryl methyl sites for hydroxylation is 1. The lowest BCUT2D eigenvalue weighted by atomic mass is 10.2. The molecule has 2 aromatic rings. The van der Waals surface area contributed by atoms with Gasteiger partial charge < -0.3 is 24.8 Å². The molecular weight excluding hydrogens is 360 g/mol. The molecule has 1 aromatic carbocycles. The molecule has 2 heterocycles. The Balaban J connectivity index is 1.51. The number of β-amino-alcohol motifs (C(OH)–C–C–N with tert-alkyl or cyclic N) is 1. The minimum atomic E-state index is -0.489. The summed E-state index contributed by atoms with van der Waals surface area (Å²) >= 11 is 1.82. The van der Waals surface area contributed by atoms with E-state index in [4.69, 9.17) is 9.47 Å². The van der Waals surface area contributed by atoms with Crippen LogP contribution in [0, 0.1) is 6.92 Å². The number of benzene rings is 1. The Hall–Kier alpha value is -1.60. The molecular formula is C21H30N2O3S. The van der Waals surface area contributed by atoms with E-state index >= 15 is 0 Å². The number of methoxy groups -OCH3 is 1. The van der Waals surface area contributed by atoms with Gasteiger partial charge in [-0.2, -0.15) is 0 Å². The lowest BCUT2D eigenvalue weighted by Crippen LogP contribution is -2.33. The Kier molecular flexibility index (Phi) is 7.52. The van der Waals surface area contributed by atoms with Crippen molar-refractivity contribution in [2.24, 2.45) is 0 Å². The van der Waals surface area contributed by atoms with Gasteiger partial charge >= 0.3 is 0 Å². The average Bonchev–Trinajstić information content (AvgIpc) is 3.32. The third-order valence-corrected chi connectivity index (χ3v) is 5.75. The van der Waals surface area contributed by atoms with E-state index in [-0.39, 0.29) is 6.61 Å². The van der Waals surface area contributed by atoms with Gasteiger partial charge in [0.1, 0.15) is 12.7 Å². The van der Waals surface area contributed by atoms with Crippen molar-refractivity contribution in [2.45, 2.75) is 39.0 Å². The van der Waals surface area contributed by atoms with E-state index in [1.165, 1.54) is 22.6 Å². The van der Waals surface area contributed by atoms with Gasteiger partial charge in [-0.3, -0.25) is 0 Å². The van der Waals surface area contributed by atoms with Crippen LogP contribution in [0.4, 0.5) is 0 Å². The molecule has 1 fully saturated rings. The topological polar surface area (TPSA) is 54.0 Å². The minimum Gasteiger partial charge on any atom is -0.493 e. The first-order valence-corrected chi connectivity index (χ1v) is 10.4. The van der Waals surface area contributed by atoms with E-state index in [1.54, 1.807) is 7.11 Å². The van der Waals surface area contributed by atoms with Crippen LogP contribution in [0.3, 0.4) is 0 Å². The van der Waals surface area contributed by atoms with Crippen molar-refractivity contribution in [1.29, 1.82) is 0 Å². The molecule has 148 valence electrons. The molecule has 3 rings (SSSR count). The number of nitrogens with one attached hydrogen (secondary N) is 1. The molecule has 1 saturated heterocycles. The Morgan fingerprint density at radius 3 is 2.67 bits per heavy atom. The van der Waals surface area contributed by atoms with Crippen LogP contribution < -0.4 is 14.8 Å². The van der Waals surface area contributed by atoms with Crippen LogP contribution in [0.25, 0.3) is 0 Å². The maximum absolute atomic E-state index is 10.3. The summed E-state index contributed by atoms with van der Waals surface area (Å²) in [4.78, 5) is 4.96. The quantitative estimate of drug-likeness (QED) is 0.653. The van der Waals surface area contributed by atoms with E-state index in [1.807, 2.05) is 29.5 Å². The number of ether oxygens (including phenoxy) is 2. The Labute approximate surface area is 165 Å². The van der Waals surface area contributed by atoms with Gasteiger partial charge in [0.05, 0.1) is 7.11 Å². The molecule has 1 aromatic heterocycles. The standard InChI is InChI=1S/C21H30N2O3S/c1-16-5-7-19(27-16)13-22-12-17-6-8-20(25-2)21(11-17)26-15-18(24)14-23-9-3-4-10-23/h5-8,11,18,22,24H,3-4,9-10,12-15H2,1-2H3. The fourth-order valence-corrected chi connectivity index (χ4v) is 4.22. The summed E-state index contributed by atoms with van der Waals surface area (Å²) in [5, 5.41) is 13.7. The highest BCUT2D eigenvalue weighted by atomic mass is 32.1. The fourth-order valence-electron chi connectivity index (χ4n) is 3.36. The minimum absolute atomic E-state index is 0.276. The first-order valence-electron chi connectivity index (χ1n) is 9.60. The second-order valence-corrected chi connectivity index (χ2v) is 8.45. The number of hydrogen-bond donors (Lipinski definition) is 2. The molecule has 6 heteroatoms. The number of thiophene rings is 1. The average molecular weight is 391 g/mol. The first kappa shape index (κ1) is 20.1. The van der Waals surface area contributed by atoms with Crippen molar-refractivity contribution < 1.29 is 14.6 Å². The molecule has 0 radical (unpaired) electrons. The second-order valence-electron chi connectivity index (χ2n) is 7.07. The molecule has 0 saturated carbocycles. The van der Waals surface area contributed by atoms with Crippen molar-refractivity contribution in [3.63, 3.8) is 0 Å². The third kappa shape index (κ3) is 6.21. The van der Waals surface area contributed by atoms with Crippen molar-refractivity contribution in [3.05, 3.63) is 45.6 Å². The van der Waals surface area contributed by atoms with Gasteiger partial charge in [-0.15, -0.1) is 11.3 Å². The summed E-state index contributed by atoms with van der Waals surface area (Å²) < 4.78 is 11.3. The van der Waals surface area contributed by atoms with Crippen molar-refractivity contribution >= 4 is 11.3 Å². The van der Waals surface area contributed by atoms with Gasteiger partial charge in [0.2, 0.25) is 0 Å². The molecule has 0 spiro atoms. The van der Waals surface area contributed by atoms with Crippen LogP contribution in [-0.4, -0.2) is 49.5 Å². The Morgan fingerprint density at radius 1 is 1.15 bits per heavy atom. The summed E-state index contributed by atoms with van der Waals surface area (Å²) in [6, 6.07) is 10.3. The second kappa shape index (κ2) is 10.1. The zero-order valence-corrected chi connectivity index (χ0v) is 17.1. The van der Waals surface area contributed by atoms with Gasteiger partial charge in [0, 0.05) is 29.4 Å². The van der Waals surface area contributed by atoms with Crippen LogP contribution in [0.2, 0.25) is 0 Å². The van der Waals surface area contributed by atoms with E-state index in [0.29, 0.717) is 18.0 Å². The van der Waals surface area contributed by atoms with Gasteiger partial charge in [0.25, 0.3) is 0 Å². The molecule has 1 aliphatic heterocycles. The normalized spacial score (nSPS) is 15.8. The fraction of sp³-hybridized carbons (Fsp3) is 0.524. The predicted octanol–water partition coefficient (Wildman–Crippen LogP) is 3.19. The van der Waals surface area contributed by atoms with Gasteiger partial charge in [-0.1, -0.05) is 6.07 Å². The van der Waals surface area contributed by atoms with Crippen molar-refractivity contribution in [3.8, 4) is 11.5 Å². The highest BCUT2D eigenvalue weighted by molar-refractivity contribution is 7.11. The first-order chi connectivity index (χ1) is 13.1. The molecule has 0 bridgehead atoms. The maximum Gasteiger partial charge on any atom is 0.161 e. The smallest absolute Gasteiger partial charge is 0.161 e. The van der Waals surface area contributed by atoms with E-state index in [9.17, 15) is 5.11 Å². The van der Waals surface area contributed by atoms with E-state index in [0.717, 1.165) is 31.7 Å². The predicted molar refractivity (Wildman–Crippen MR) is 110 cm³/mol. The van der Waals surface area contributed by atoms with Gasteiger partial charge in [-0.25, -0.2) is 0 Å². The monoisotopic (exact) mass is 390 g/mol. The SMILES string of the molecule is COc1ccc(CNCc2ccc(C)s2)cc1OCC(O)CN1CCCC1. The zero-order chi connectivity index (χ0) is 19.1. The number of rotatable bonds is 10. The van der Waals surface area contributed by atoms with Gasteiger partial charge in [-0.05, 0) is 62.7 Å². The number of likely N-dealkylation sites (tertiary alicyclic amines) is 1. The largest absolute Gasteiger partial charge is 0.493 e. The molecule has 1 atom stereocenters. The molecule has 1 aliphatic rings. The summed E-state index contributed by atoms with van der Waals surface area (Å²) in [5.41, 5.74) is 1.13. The van der Waals surface area contributed by atoms with Crippen LogP contribution >= 0.6 is 11.3 Å². The summed E-state index contributed by atoms with van der Waals surface area (Å²) in [7, 11) is 1.64. The molecule has 0 aliphatic carbocycles. The highest BCUT2D eigenvalue weighted by Gasteiger charge is 2.17. The maximum atomic E-state index is 10.3. The van der Waals surface area contributed by atoms with Crippen LogP contribution in [0.15, 0.2) is 30.3 Å². The van der Waals surface area contributed by atoms with Crippen LogP contribution in [0.5, 0.6) is 11.5 Å². The molecule has 1 unspecified atom stereocenters. The summed E-state index contributed by atoms with van der Waals surface area (Å²) in [5.74, 6) is 1.38. The van der Waals surface area contributed by atoms with Crippen molar-refractivity contribution in [1.82, 2.24) is 10.2 Å². The molecule has 0 amide bonds. The number of aliphatic hydroxyl groups is 1. The van der Waals surface area contributed by atoms with Crippen LogP contribution in [0.1, 0.15) is 28.2 Å². The van der Waals surface area contributed by atoms with Gasteiger partial charge in [0.15, 0.2) is 11.5 Å². The number of hydrogen-bond acceptors (Lipinski definition) is 6. The summed E-state index contributed by atoms with van der Waals surface area (Å²) in [6.07, 6.45) is 1.96. The molecule has 5 nitrogen and oxygen atoms in total. The number of nitrogens with zero attached hydrogens (tertiary/aromatic N) is 1. The van der Waals surface area contributed by atoms with Crippen LogP contribution in [-0.2, 0) is 13.1 Å². The Bertz CT molecular complexity index is 713. The third-order valence-electron chi connectivity index (χ3n) is 4.75. The van der Waals surface area contributed by atoms with E-state index < -0.39 is 6.10 Å². The molecule has 2 N–H and O–H groups in total. The lowest BCUT2D eigenvalue weighted by Gasteiger charge is -2.20. The Morgan fingerprint density at radius 2 is 1.96 bits per heavy atom.